The largest absolute Gasteiger partial charge is 0.367 e. The molecule has 2 aliphatic rings. The minimum absolute atomic E-state index is 0. The van der Waals surface area contributed by atoms with Crippen molar-refractivity contribution in [2.75, 3.05) is 44.2 Å². The molecule has 1 amide bonds. The van der Waals surface area contributed by atoms with E-state index in [1.807, 2.05) is 29.2 Å². The highest BCUT2D eigenvalue weighted by Crippen LogP contribution is 2.26. The Hall–Kier alpha value is -0.970. The summed E-state index contributed by atoms with van der Waals surface area (Å²) in [6.07, 6.45) is 1.95. The summed E-state index contributed by atoms with van der Waals surface area (Å²) in [5, 5.41) is 4.10. The average molecular weight is 344 g/mol. The second-order valence-electron chi connectivity index (χ2n) is 5.79. The van der Waals surface area contributed by atoms with E-state index in [0.717, 1.165) is 62.8 Å². The summed E-state index contributed by atoms with van der Waals surface area (Å²) < 4.78 is 0. The third-order valence-electron chi connectivity index (χ3n) is 4.47. The molecule has 6 heteroatoms. The molecule has 1 aromatic carbocycles. The minimum atomic E-state index is 0. The van der Waals surface area contributed by atoms with Gasteiger partial charge in [-0.3, -0.25) is 4.79 Å². The number of piperidine rings is 1. The lowest BCUT2D eigenvalue weighted by molar-refractivity contribution is -0.136. The van der Waals surface area contributed by atoms with Crippen LogP contribution in [0.3, 0.4) is 0 Å². The first-order valence-corrected chi connectivity index (χ1v) is 8.12. The van der Waals surface area contributed by atoms with Crippen molar-refractivity contribution in [2.24, 2.45) is 5.92 Å². The molecule has 1 N–H and O–H groups in total. The van der Waals surface area contributed by atoms with Crippen LogP contribution < -0.4 is 10.2 Å². The topological polar surface area (TPSA) is 35.6 Å². The first kappa shape index (κ1) is 17.4. The second-order valence-corrected chi connectivity index (χ2v) is 6.20. The fourth-order valence-corrected chi connectivity index (χ4v) is 3.46. The number of carbonyl (C=O) groups is 1. The van der Waals surface area contributed by atoms with Gasteiger partial charge in [0.25, 0.3) is 0 Å². The summed E-state index contributed by atoms with van der Waals surface area (Å²) in [5.41, 5.74) is 1.08. The van der Waals surface area contributed by atoms with Crippen molar-refractivity contribution in [3.05, 3.63) is 29.3 Å². The summed E-state index contributed by atoms with van der Waals surface area (Å²) in [7, 11) is 0. The highest BCUT2D eigenvalue weighted by atomic mass is 35.5. The standard InChI is InChI=1S/C16H22ClN3O.ClH/c17-14-3-1-2-4-15(14)19-9-11-20(12-10-19)16(21)13-5-7-18-8-6-13;/h1-4,13,18H,5-12H2;1H. The van der Waals surface area contributed by atoms with Crippen LogP contribution in [0.4, 0.5) is 5.69 Å². The van der Waals surface area contributed by atoms with Crippen LogP contribution in [0.1, 0.15) is 12.8 Å². The molecule has 2 fully saturated rings. The van der Waals surface area contributed by atoms with E-state index in [1.165, 1.54) is 0 Å². The molecule has 2 aliphatic heterocycles. The molecule has 22 heavy (non-hydrogen) atoms. The zero-order valence-electron chi connectivity index (χ0n) is 12.6. The molecule has 0 aliphatic carbocycles. The van der Waals surface area contributed by atoms with E-state index >= 15 is 0 Å². The van der Waals surface area contributed by atoms with Crippen LogP contribution in [0.2, 0.25) is 5.02 Å². The van der Waals surface area contributed by atoms with Gasteiger partial charge in [-0.1, -0.05) is 23.7 Å². The molecule has 0 atom stereocenters. The van der Waals surface area contributed by atoms with Crippen LogP contribution in [-0.4, -0.2) is 50.1 Å². The fraction of sp³-hybridized carbons (Fsp3) is 0.562. The highest BCUT2D eigenvalue weighted by molar-refractivity contribution is 6.33. The van der Waals surface area contributed by atoms with E-state index < -0.39 is 0 Å². The zero-order valence-corrected chi connectivity index (χ0v) is 14.2. The van der Waals surface area contributed by atoms with Gasteiger partial charge in [0.15, 0.2) is 0 Å². The first-order valence-electron chi connectivity index (χ1n) is 7.74. The van der Waals surface area contributed by atoms with Gasteiger partial charge in [-0.05, 0) is 38.1 Å². The van der Waals surface area contributed by atoms with E-state index in [-0.39, 0.29) is 18.3 Å². The van der Waals surface area contributed by atoms with Gasteiger partial charge in [0.05, 0.1) is 10.7 Å². The van der Waals surface area contributed by atoms with Crippen molar-refractivity contribution in [1.82, 2.24) is 10.2 Å². The van der Waals surface area contributed by atoms with Crippen molar-refractivity contribution in [1.29, 1.82) is 0 Å². The molecule has 1 aromatic rings. The van der Waals surface area contributed by atoms with Gasteiger partial charge in [-0.25, -0.2) is 0 Å². The summed E-state index contributed by atoms with van der Waals surface area (Å²) in [4.78, 5) is 16.8. The van der Waals surface area contributed by atoms with Crippen molar-refractivity contribution in [3.8, 4) is 0 Å². The normalized spacial score (nSPS) is 19.7. The molecule has 3 rings (SSSR count). The van der Waals surface area contributed by atoms with Gasteiger partial charge < -0.3 is 15.1 Å². The number of anilines is 1. The number of carbonyl (C=O) groups excluding carboxylic acids is 1. The van der Waals surface area contributed by atoms with Crippen molar-refractivity contribution in [2.45, 2.75) is 12.8 Å². The molecule has 4 nitrogen and oxygen atoms in total. The number of rotatable bonds is 2. The number of benzene rings is 1. The van der Waals surface area contributed by atoms with Gasteiger partial charge in [-0.15, -0.1) is 12.4 Å². The molecule has 0 saturated carbocycles. The molecule has 2 saturated heterocycles. The van der Waals surface area contributed by atoms with Gasteiger partial charge in [0, 0.05) is 32.1 Å². The number of piperazine rings is 1. The maximum absolute atomic E-state index is 12.5. The number of nitrogens with zero attached hydrogens (tertiary/aromatic N) is 2. The third kappa shape index (κ3) is 3.86. The lowest BCUT2D eigenvalue weighted by atomic mass is 9.96. The summed E-state index contributed by atoms with van der Waals surface area (Å²) >= 11 is 6.25. The smallest absolute Gasteiger partial charge is 0.225 e. The number of hydrogen-bond acceptors (Lipinski definition) is 3. The Morgan fingerprint density at radius 3 is 2.36 bits per heavy atom. The van der Waals surface area contributed by atoms with E-state index in [0.29, 0.717) is 5.91 Å². The van der Waals surface area contributed by atoms with Crippen molar-refractivity contribution < 1.29 is 4.79 Å². The summed E-state index contributed by atoms with van der Waals surface area (Å²) in [6, 6.07) is 7.92. The second kappa shape index (κ2) is 8.04. The maximum atomic E-state index is 12.5. The first-order chi connectivity index (χ1) is 10.3. The van der Waals surface area contributed by atoms with E-state index in [9.17, 15) is 4.79 Å². The van der Waals surface area contributed by atoms with Crippen LogP contribution in [0, 0.1) is 5.92 Å². The zero-order chi connectivity index (χ0) is 14.7. The van der Waals surface area contributed by atoms with E-state index in [4.69, 9.17) is 11.6 Å². The monoisotopic (exact) mass is 343 g/mol. The average Bonchev–Trinajstić information content (AvgIpc) is 2.56. The number of nitrogens with one attached hydrogen (secondary N) is 1. The molecule has 0 radical (unpaired) electrons. The summed E-state index contributed by atoms with van der Waals surface area (Å²) in [5.74, 6) is 0.563. The van der Waals surface area contributed by atoms with Crippen LogP contribution in [-0.2, 0) is 4.79 Å². The maximum Gasteiger partial charge on any atom is 0.225 e. The Balaban J connectivity index is 0.00000176. The van der Waals surface area contributed by atoms with E-state index in [2.05, 4.69) is 10.2 Å². The predicted octanol–water partition coefficient (Wildman–Crippen LogP) is 2.41. The lowest BCUT2D eigenvalue weighted by Crippen LogP contribution is -2.51. The quantitative estimate of drug-likeness (QED) is 0.895. The SMILES string of the molecule is Cl.O=C(C1CCNCC1)N1CCN(c2ccccc2Cl)CC1. The predicted molar refractivity (Wildman–Crippen MR) is 93.1 cm³/mol. The van der Waals surface area contributed by atoms with Crippen LogP contribution in [0.25, 0.3) is 0 Å². The molecule has 0 aromatic heterocycles. The highest BCUT2D eigenvalue weighted by Gasteiger charge is 2.28. The fourth-order valence-electron chi connectivity index (χ4n) is 3.20. The Bertz CT molecular complexity index is 498. The molecular weight excluding hydrogens is 321 g/mol. The van der Waals surface area contributed by atoms with Crippen LogP contribution >= 0.6 is 24.0 Å². The molecule has 0 unspecified atom stereocenters. The van der Waals surface area contributed by atoms with Crippen LogP contribution in [0.5, 0.6) is 0 Å². The van der Waals surface area contributed by atoms with Gasteiger partial charge in [0.1, 0.15) is 0 Å². The summed E-state index contributed by atoms with van der Waals surface area (Å²) in [6.45, 7) is 5.26. The Morgan fingerprint density at radius 1 is 1.09 bits per heavy atom. The number of para-hydroxylation sites is 1. The molecular formula is C16H23Cl2N3O. The van der Waals surface area contributed by atoms with E-state index in [1.54, 1.807) is 0 Å². The number of amides is 1. The number of halogens is 2. The minimum Gasteiger partial charge on any atom is -0.367 e. The Kier molecular flexibility index (Phi) is 6.36. The molecule has 0 spiro atoms. The molecule has 0 bridgehead atoms. The number of hydrogen-bond donors (Lipinski definition) is 1. The van der Waals surface area contributed by atoms with Gasteiger partial charge in [-0.2, -0.15) is 0 Å². The Morgan fingerprint density at radius 2 is 1.73 bits per heavy atom. The van der Waals surface area contributed by atoms with Gasteiger partial charge in [0.2, 0.25) is 5.91 Å². The third-order valence-corrected chi connectivity index (χ3v) is 4.79. The van der Waals surface area contributed by atoms with Crippen molar-refractivity contribution in [3.63, 3.8) is 0 Å². The molecule has 2 heterocycles. The lowest BCUT2D eigenvalue weighted by Gasteiger charge is -2.38. The van der Waals surface area contributed by atoms with Gasteiger partial charge >= 0.3 is 0 Å². The van der Waals surface area contributed by atoms with Crippen LogP contribution in [0.15, 0.2) is 24.3 Å². The molecule has 122 valence electrons. The van der Waals surface area contributed by atoms with Crippen molar-refractivity contribution >= 4 is 35.6 Å². The Labute approximate surface area is 143 Å².